The number of carbonyl (C=O) groups excluding carboxylic acids is 1. The smallest absolute Gasteiger partial charge is 0.255 e. The van der Waals surface area contributed by atoms with E-state index in [0.717, 1.165) is 25.3 Å². The molecule has 1 amide bonds. The lowest BCUT2D eigenvalue weighted by Gasteiger charge is -2.32. The van der Waals surface area contributed by atoms with Gasteiger partial charge in [-0.15, -0.1) is 0 Å². The first kappa shape index (κ1) is 21.5. The zero-order chi connectivity index (χ0) is 21.2. The van der Waals surface area contributed by atoms with E-state index in [1.54, 1.807) is 0 Å². The number of sulfonamides is 1. The number of amides is 1. The molecule has 1 unspecified atom stereocenters. The molecule has 0 bridgehead atoms. The van der Waals surface area contributed by atoms with Gasteiger partial charge in [0.15, 0.2) is 0 Å². The SMILES string of the molecule is COc1ccc(C(=O)Nc2ccc(F)c(Cl)c2)cc1S(=O)(=O)N1CCCCC1C. The summed E-state index contributed by atoms with van der Waals surface area (Å²) in [6.07, 6.45) is 2.55. The summed E-state index contributed by atoms with van der Waals surface area (Å²) < 4.78 is 46.5. The molecule has 156 valence electrons. The van der Waals surface area contributed by atoms with Crippen molar-refractivity contribution in [1.29, 1.82) is 0 Å². The third-order valence-corrected chi connectivity index (χ3v) is 7.26. The van der Waals surface area contributed by atoms with E-state index in [0.29, 0.717) is 12.2 Å². The van der Waals surface area contributed by atoms with Gasteiger partial charge in [-0.05, 0) is 56.2 Å². The molecule has 2 aromatic rings. The first-order valence-corrected chi connectivity index (χ1v) is 11.0. The lowest BCUT2D eigenvalue weighted by molar-refractivity contribution is 0.102. The summed E-state index contributed by atoms with van der Waals surface area (Å²) >= 11 is 5.74. The van der Waals surface area contributed by atoms with Gasteiger partial charge in [-0.3, -0.25) is 4.79 Å². The summed E-state index contributed by atoms with van der Waals surface area (Å²) in [4.78, 5) is 12.6. The van der Waals surface area contributed by atoms with E-state index in [9.17, 15) is 17.6 Å². The molecular weight excluding hydrogens is 419 g/mol. The van der Waals surface area contributed by atoms with E-state index in [4.69, 9.17) is 16.3 Å². The van der Waals surface area contributed by atoms with Crippen LogP contribution in [-0.4, -0.2) is 38.3 Å². The van der Waals surface area contributed by atoms with Crippen molar-refractivity contribution in [2.24, 2.45) is 0 Å². The van der Waals surface area contributed by atoms with Crippen LogP contribution in [0.4, 0.5) is 10.1 Å². The van der Waals surface area contributed by atoms with Crippen LogP contribution in [0.25, 0.3) is 0 Å². The second kappa shape index (κ2) is 8.69. The topological polar surface area (TPSA) is 75.7 Å². The summed E-state index contributed by atoms with van der Waals surface area (Å²) in [5, 5.41) is 2.47. The van der Waals surface area contributed by atoms with E-state index in [1.165, 1.54) is 41.7 Å². The largest absolute Gasteiger partial charge is 0.495 e. The summed E-state index contributed by atoms with van der Waals surface area (Å²) in [5.41, 5.74) is 0.431. The van der Waals surface area contributed by atoms with Gasteiger partial charge in [0.25, 0.3) is 5.91 Å². The highest BCUT2D eigenvalue weighted by atomic mass is 35.5. The number of rotatable bonds is 5. The van der Waals surface area contributed by atoms with Crippen molar-refractivity contribution in [2.75, 3.05) is 19.0 Å². The summed E-state index contributed by atoms with van der Waals surface area (Å²) in [7, 11) is -2.45. The van der Waals surface area contributed by atoms with Crippen LogP contribution in [0, 0.1) is 5.82 Å². The first-order chi connectivity index (χ1) is 13.7. The Balaban J connectivity index is 1.94. The van der Waals surface area contributed by atoms with Gasteiger partial charge in [0.1, 0.15) is 16.5 Å². The van der Waals surface area contributed by atoms with Crippen LogP contribution in [-0.2, 0) is 10.0 Å². The predicted molar refractivity (Wildman–Crippen MR) is 110 cm³/mol. The number of methoxy groups -OCH3 is 1. The van der Waals surface area contributed by atoms with Crippen LogP contribution in [0.15, 0.2) is 41.3 Å². The maximum Gasteiger partial charge on any atom is 0.255 e. The maximum absolute atomic E-state index is 13.3. The van der Waals surface area contributed by atoms with Gasteiger partial charge in [0.05, 0.1) is 12.1 Å². The first-order valence-electron chi connectivity index (χ1n) is 9.20. The molecule has 1 N–H and O–H groups in total. The molecule has 0 spiro atoms. The van der Waals surface area contributed by atoms with Crippen molar-refractivity contribution in [3.05, 3.63) is 52.8 Å². The lowest BCUT2D eigenvalue weighted by Crippen LogP contribution is -2.42. The second-order valence-corrected chi connectivity index (χ2v) is 9.18. The Kier molecular flexibility index (Phi) is 6.45. The fourth-order valence-electron chi connectivity index (χ4n) is 3.35. The maximum atomic E-state index is 13.3. The third-order valence-electron chi connectivity index (χ3n) is 4.93. The molecule has 1 heterocycles. The molecule has 0 aromatic heterocycles. The highest BCUT2D eigenvalue weighted by Crippen LogP contribution is 2.32. The van der Waals surface area contributed by atoms with Gasteiger partial charge in [-0.1, -0.05) is 18.0 Å². The van der Waals surface area contributed by atoms with E-state index in [2.05, 4.69) is 5.32 Å². The van der Waals surface area contributed by atoms with Crippen molar-refractivity contribution in [3.8, 4) is 5.75 Å². The van der Waals surface area contributed by atoms with Gasteiger partial charge >= 0.3 is 0 Å². The Bertz CT molecular complexity index is 1030. The average Bonchev–Trinajstić information content (AvgIpc) is 2.70. The van der Waals surface area contributed by atoms with Crippen LogP contribution in [0.5, 0.6) is 5.75 Å². The molecule has 0 radical (unpaired) electrons. The van der Waals surface area contributed by atoms with E-state index in [-0.39, 0.29) is 27.3 Å². The van der Waals surface area contributed by atoms with Crippen LogP contribution < -0.4 is 10.1 Å². The highest BCUT2D eigenvalue weighted by Gasteiger charge is 2.33. The molecule has 29 heavy (non-hydrogen) atoms. The minimum Gasteiger partial charge on any atom is -0.495 e. The predicted octanol–water partition coefficient (Wildman–Crippen LogP) is 4.30. The molecule has 1 atom stereocenters. The molecule has 1 aliphatic heterocycles. The molecule has 0 saturated carbocycles. The average molecular weight is 441 g/mol. The van der Waals surface area contributed by atoms with Gasteiger partial charge in [-0.2, -0.15) is 4.31 Å². The molecule has 3 rings (SSSR count). The molecule has 9 heteroatoms. The molecule has 2 aromatic carbocycles. The quantitative estimate of drug-likeness (QED) is 0.751. The van der Waals surface area contributed by atoms with Gasteiger partial charge < -0.3 is 10.1 Å². The summed E-state index contributed by atoms with van der Waals surface area (Å²) in [5.74, 6) is -0.972. The van der Waals surface area contributed by atoms with Crippen LogP contribution in [0.3, 0.4) is 0 Å². The Labute approximate surface area is 174 Å². The van der Waals surface area contributed by atoms with Crippen LogP contribution in [0.1, 0.15) is 36.5 Å². The van der Waals surface area contributed by atoms with Crippen molar-refractivity contribution < 1.29 is 22.3 Å². The minimum absolute atomic E-state index is 0.0569. The zero-order valence-corrected chi connectivity index (χ0v) is 17.7. The standard InChI is InChI=1S/C20H22ClFN2O4S/c1-13-5-3-4-10-24(13)29(26,27)19-11-14(6-9-18(19)28-2)20(25)23-15-7-8-17(22)16(21)12-15/h6-9,11-13H,3-5,10H2,1-2H3,(H,23,25). The van der Waals surface area contributed by atoms with Gasteiger partial charge in [0, 0.05) is 23.8 Å². The molecular formula is C20H22ClFN2O4S. The van der Waals surface area contributed by atoms with E-state index < -0.39 is 21.7 Å². The highest BCUT2D eigenvalue weighted by molar-refractivity contribution is 7.89. The normalized spacial score (nSPS) is 17.7. The fourth-order valence-corrected chi connectivity index (χ4v) is 5.42. The number of benzene rings is 2. The number of carbonyl (C=O) groups is 1. The number of ether oxygens (including phenoxy) is 1. The number of halogens is 2. The van der Waals surface area contributed by atoms with Crippen molar-refractivity contribution in [2.45, 2.75) is 37.1 Å². The van der Waals surface area contributed by atoms with Crippen LogP contribution >= 0.6 is 11.6 Å². The second-order valence-electron chi connectivity index (χ2n) is 6.91. The van der Waals surface area contributed by atoms with E-state index in [1.807, 2.05) is 6.92 Å². The molecule has 1 fully saturated rings. The van der Waals surface area contributed by atoms with Crippen molar-refractivity contribution >= 4 is 33.2 Å². The number of hydrogen-bond acceptors (Lipinski definition) is 4. The third kappa shape index (κ3) is 4.55. The minimum atomic E-state index is -3.84. The van der Waals surface area contributed by atoms with Crippen molar-refractivity contribution in [3.63, 3.8) is 0 Å². The summed E-state index contributed by atoms with van der Waals surface area (Å²) in [6.45, 7) is 2.30. The fraction of sp³-hybridized carbons (Fsp3) is 0.350. The Hall–Kier alpha value is -2.16. The Morgan fingerprint density at radius 3 is 2.66 bits per heavy atom. The molecule has 1 aliphatic rings. The Morgan fingerprint density at radius 1 is 1.24 bits per heavy atom. The molecule has 0 aliphatic carbocycles. The van der Waals surface area contributed by atoms with Gasteiger partial charge in [-0.25, -0.2) is 12.8 Å². The lowest BCUT2D eigenvalue weighted by atomic mass is 10.1. The van der Waals surface area contributed by atoms with E-state index >= 15 is 0 Å². The number of anilines is 1. The summed E-state index contributed by atoms with van der Waals surface area (Å²) in [6, 6.07) is 7.89. The number of nitrogens with one attached hydrogen (secondary N) is 1. The number of nitrogens with zero attached hydrogens (tertiary/aromatic N) is 1. The monoisotopic (exact) mass is 440 g/mol. The number of hydrogen-bond donors (Lipinski definition) is 1. The Morgan fingerprint density at radius 2 is 2.00 bits per heavy atom. The molecule has 6 nitrogen and oxygen atoms in total. The molecule has 1 saturated heterocycles. The number of piperidine rings is 1. The van der Waals surface area contributed by atoms with Crippen molar-refractivity contribution in [1.82, 2.24) is 4.31 Å². The van der Waals surface area contributed by atoms with Gasteiger partial charge in [0.2, 0.25) is 10.0 Å². The zero-order valence-electron chi connectivity index (χ0n) is 16.1. The van der Waals surface area contributed by atoms with Crippen LogP contribution in [0.2, 0.25) is 5.02 Å².